The van der Waals surface area contributed by atoms with Gasteiger partial charge < -0.3 is 0 Å². The molecule has 0 N–H and O–H groups in total. The van der Waals surface area contributed by atoms with Gasteiger partial charge in [-0.3, -0.25) is 4.79 Å². The summed E-state index contributed by atoms with van der Waals surface area (Å²) in [4.78, 5) is 15.9. The highest BCUT2D eigenvalue weighted by Crippen LogP contribution is 2.12. The van der Waals surface area contributed by atoms with Gasteiger partial charge >= 0.3 is 0 Å². The number of rotatable bonds is 3. The van der Waals surface area contributed by atoms with Crippen LogP contribution in [0.4, 0.5) is 0 Å². The number of nitrogens with zero attached hydrogens (tertiary/aromatic N) is 3. The number of pyridine rings is 1. The molecule has 15 heavy (non-hydrogen) atoms. The molecule has 0 aliphatic heterocycles. The molecule has 78 valence electrons. The summed E-state index contributed by atoms with van der Waals surface area (Å²) in [5.41, 5.74) is 1.43. The molecule has 0 fully saturated rings. The number of fused-ring (bicyclic) bond motifs is 1. The van der Waals surface area contributed by atoms with Gasteiger partial charge in [0, 0.05) is 17.7 Å². The molecule has 2 heterocycles. The van der Waals surface area contributed by atoms with E-state index in [0.29, 0.717) is 11.2 Å². The van der Waals surface area contributed by atoms with E-state index in [4.69, 9.17) is 0 Å². The fourth-order valence-electron chi connectivity index (χ4n) is 1.44. The van der Waals surface area contributed by atoms with Crippen LogP contribution in [0.3, 0.4) is 0 Å². The molecule has 1 atom stereocenters. The zero-order valence-electron chi connectivity index (χ0n) is 8.84. The van der Waals surface area contributed by atoms with Crippen LogP contribution in [0.2, 0.25) is 0 Å². The summed E-state index contributed by atoms with van der Waals surface area (Å²) in [5, 5.41) is 3.98. The summed E-state index contributed by atoms with van der Waals surface area (Å²) < 4.78 is 1.65. The molecule has 2 aromatic heterocycles. The van der Waals surface area contributed by atoms with Crippen molar-refractivity contribution in [1.29, 1.82) is 0 Å². The summed E-state index contributed by atoms with van der Waals surface area (Å²) in [5.74, 6) is 0.235. The summed E-state index contributed by atoms with van der Waals surface area (Å²) in [7, 11) is 0. The first-order chi connectivity index (χ1) is 7.22. The van der Waals surface area contributed by atoms with Gasteiger partial charge in [-0.05, 0) is 18.6 Å². The molecule has 2 aromatic rings. The lowest BCUT2D eigenvalue weighted by Gasteiger charge is -2.06. The number of ketones is 1. The van der Waals surface area contributed by atoms with Crippen molar-refractivity contribution in [2.24, 2.45) is 5.92 Å². The van der Waals surface area contributed by atoms with E-state index in [9.17, 15) is 4.79 Å². The number of carbonyl (C=O) groups excluding carboxylic acids is 1. The molecule has 4 heteroatoms. The molecule has 0 spiro atoms. The topological polar surface area (TPSA) is 47.3 Å². The normalized spacial score (nSPS) is 12.9. The lowest BCUT2D eigenvalue weighted by Crippen LogP contribution is -2.10. The average Bonchev–Trinajstić information content (AvgIpc) is 2.73. The highest BCUT2D eigenvalue weighted by molar-refractivity contribution is 5.98. The maximum absolute atomic E-state index is 11.9. The molecule has 0 saturated carbocycles. The van der Waals surface area contributed by atoms with E-state index in [0.717, 1.165) is 6.42 Å². The molecule has 0 aliphatic carbocycles. The number of hydrogen-bond donors (Lipinski definition) is 0. The largest absolute Gasteiger partial charge is 0.294 e. The molecular weight excluding hydrogens is 190 g/mol. The molecule has 0 amide bonds. The third-order valence-electron chi connectivity index (χ3n) is 2.63. The lowest BCUT2D eigenvalue weighted by molar-refractivity contribution is 0.0927. The highest BCUT2D eigenvalue weighted by Gasteiger charge is 2.13. The Morgan fingerprint density at radius 3 is 3.13 bits per heavy atom. The van der Waals surface area contributed by atoms with Crippen LogP contribution in [0.25, 0.3) is 5.65 Å². The molecule has 1 unspecified atom stereocenters. The highest BCUT2D eigenvalue weighted by atomic mass is 16.1. The van der Waals surface area contributed by atoms with Crippen LogP contribution in [0.5, 0.6) is 0 Å². The Labute approximate surface area is 87.9 Å². The monoisotopic (exact) mass is 203 g/mol. The van der Waals surface area contributed by atoms with Crippen LogP contribution >= 0.6 is 0 Å². The molecule has 0 aliphatic rings. The minimum atomic E-state index is 0.0652. The number of aromatic nitrogens is 3. The molecule has 0 radical (unpaired) electrons. The van der Waals surface area contributed by atoms with Gasteiger partial charge in [0.2, 0.25) is 0 Å². The smallest absolute Gasteiger partial charge is 0.165 e. The minimum absolute atomic E-state index is 0.0652. The molecule has 4 nitrogen and oxygen atoms in total. The van der Waals surface area contributed by atoms with Gasteiger partial charge in [-0.1, -0.05) is 13.8 Å². The van der Waals surface area contributed by atoms with Crippen molar-refractivity contribution in [1.82, 2.24) is 14.6 Å². The predicted octanol–water partition coefficient (Wildman–Crippen LogP) is 1.96. The molecular formula is C11H13N3O. The predicted molar refractivity (Wildman–Crippen MR) is 56.8 cm³/mol. The van der Waals surface area contributed by atoms with E-state index in [-0.39, 0.29) is 11.7 Å². The molecule has 0 bridgehead atoms. The fourth-order valence-corrected chi connectivity index (χ4v) is 1.44. The van der Waals surface area contributed by atoms with Gasteiger partial charge in [0.15, 0.2) is 11.4 Å². The molecule has 0 saturated heterocycles. The minimum Gasteiger partial charge on any atom is -0.294 e. The SMILES string of the molecule is CCC(C)C(=O)c1ccn2ncnc2c1. The zero-order chi connectivity index (χ0) is 10.8. The summed E-state index contributed by atoms with van der Waals surface area (Å²) in [6.45, 7) is 3.95. The van der Waals surface area contributed by atoms with Crippen LogP contribution in [-0.2, 0) is 0 Å². The quantitative estimate of drug-likeness (QED) is 0.716. The number of hydrogen-bond acceptors (Lipinski definition) is 3. The van der Waals surface area contributed by atoms with Gasteiger partial charge in [-0.2, -0.15) is 5.10 Å². The van der Waals surface area contributed by atoms with Gasteiger partial charge in [0.25, 0.3) is 0 Å². The Kier molecular flexibility index (Phi) is 2.49. The van der Waals surface area contributed by atoms with Crippen LogP contribution in [0.15, 0.2) is 24.7 Å². The van der Waals surface area contributed by atoms with E-state index >= 15 is 0 Å². The summed E-state index contributed by atoms with van der Waals surface area (Å²) in [6.07, 6.45) is 4.10. The molecule has 2 rings (SSSR count). The Morgan fingerprint density at radius 2 is 2.40 bits per heavy atom. The van der Waals surface area contributed by atoms with Crippen molar-refractivity contribution < 1.29 is 4.79 Å². The Balaban J connectivity index is 2.39. The second-order valence-corrected chi connectivity index (χ2v) is 3.65. The second-order valence-electron chi connectivity index (χ2n) is 3.65. The van der Waals surface area contributed by atoms with Crippen molar-refractivity contribution in [3.63, 3.8) is 0 Å². The first-order valence-corrected chi connectivity index (χ1v) is 5.06. The van der Waals surface area contributed by atoms with Gasteiger partial charge in [0.05, 0.1) is 0 Å². The van der Waals surface area contributed by atoms with E-state index in [1.807, 2.05) is 13.8 Å². The number of carbonyl (C=O) groups is 1. The van der Waals surface area contributed by atoms with E-state index in [2.05, 4.69) is 10.1 Å². The zero-order valence-corrected chi connectivity index (χ0v) is 8.84. The van der Waals surface area contributed by atoms with Crippen molar-refractivity contribution >= 4 is 11.4 Å². The van der Waals surface area contributed by atoms with Crippen LogP contribution in [-0.4, -0.2) is 20.4 Å². The van der Waals surface area contributed by atoms with Crippen molar-refractivity contribution in [3.05, 3.63) is 30.2 Å². The van der Waals surface area contributed by atoms with Crippen molar-refractivity contribution in [2.45, 2.75) is 20.3 Å². The maximum atomic E-state index is 11.9. The standard InChI is InChI=1S/C11H13N3O/c1-3-8(2)11(15)9-4-5-14-10(6-9)12-7-13-14/h4-8H,3H2,1-2H3. The number of Topliss-reactive ketones (excluding diaryl/α,β-unsaturated/α-hetero) is 1. The Bertz CT molecular complexity index is 489. The van der Waals surface area contributed by atoms with Gasteiger partial charge in [0.1, 0.15) is 6.33 Å². The third kappa shape index (κ3) is 1.75. The molecule has 0 aromatic carbocycles. The lowest BCUT2D eigenvalue weighted by atomic mass is 9.98. The van der Waals surface area contributed by atoms with Gasteiger partial charge in [-0.25, -0.2) is 9.50 Å². The average molecular weight is 203 g/mol. The van der Waals surface area contributed by atoms with Crippen LogP contribution in [0.1, 0.15) is 30.6 Å². The van der Waals surface area contributed by atoms with E-state index in [1.165, 1.54) is 6.33 Å². The second kappa shape index (κ2) is 3.81. The van der Waals surface area contributed by atoms with Crippen molar-refractivity contribution in [2.75, 3.05) is 0 Å². The van der Waals surface area contributed by atoms with Crippen LogP contribution in [0, 0.1) is 5.92 Å². The first-order valence-electron chi connectivity index (χ1n) is 5.06. The maximum Gasteiger partial charge on any atom is 0.165 e. The van der Waals surface area contributed by atoms with E-state index < -0.39 is 0 Å². The first kappa shape index (κ1) is 9.83. The van der Waals surface area contributed by atoms with Gasteiger partial charge in [-0.15, -0.1) is 0 Å². The van der Waals surface area contributed by atoms with Crippen molar-refractivity contribution in [3.8, 4) is 0 Å². The fraction of sp³-hybridized carbons (Fsp3) is 0.364. The summed E-state index contributed by atoms with van der Waals surface area (Å²) >= 11 is 0. The summed E-state index contributed by atoms with van der Waals surface area (Å²) in [6, 6.07) is 3.57. The van der Waals surface area contributed by atoms with E-state index in [1.54, 1.807) is 22.8 Å². The Hall–Kier alpha value is -1.71. The third-order valence-corrected chi connectivity index (χ3v) is 2.63. The van der Waals surface area contributed by atoms with Crippen LogP contribution < -0.4 is 0 Å². The Morgan fingerprint density at radius 1 is 1.60 bits per heavy atom.